The molecule has 0 aliphatic carbocycles. The molecule has 6 heterocycles. The van der Waals surface area contributed by atoms with E-state index < -0.39 is 0 Å². The maximum atomic E-state index is 4.63. The van der Waals surface area contributed by atoms with Crippen LogP contribution in [0.15, 0.2) is 72.8 Å². The minimum absolute atomic E-state index is 0.939. The number of rotatable bonds is 0. The van der Waals surface area contributed by atoms with E-state index in [1.807, 2.05) is 72.8 Å². The van der Waals surface area contributed by atoms with Gasteiger partial charge in [0.05, 0.1) is 22.8 Å². The monoisotopic (exact) mass is 491 g/mol. The van der Waals surface area contributed by atoms with Crippen LogP contribution in [0.1, 0.15) is 22.8 Å². The van der Waals surface area contributed by atoms with Gasteiger partial charge >= 0.3 is 68.0 Å². The van der Waals surface area contributed by atoms with E-state index in [1.54, 1.807) is 0 Å². The van der Waals surface area contributed by atoms with Crippen LogP contribution in [0.5, 0.6) is 0 Å². The first-order chi connectivity index (χ1) is 16.7. The van der Waals surface area contributed by atoms with Gasteiger partial charge in [0.25, 0.3) is 0 Å². The molecule has 0 amide bonds. The Morgan fingerprint density at radius 2 is 0.941 bits per heavy atom. The van der Waals surface area contributed by atoms with Crippen molar-refractivity contribution in [3.8, 4) is 0 Å². The molecule has 0 saturated carbocycles. The number of hydrogen-bond donors (Lipinski definition) is 3. The van der Waals surface area contributed by atoms with Crippen LogP contribution in [0.25, 0.3) is 57.4 Å². The van der Waals surface area contributed by atoms with E-state index in [-0.39, 0.29) is 0 Å². The fourth-order valence-electron chi connectivity index (χ4n) is 3.95. The van der Waals surface area contributed by atoms with Gasteiger partial charge in [-0.2, -0.15) is 0 Å². The first-order valence-electron chi connectivity index (χ1n) is 11.0. The van der Waals surface area contributed by atoms with Crippen LogP contribution in [-0.2, 0) is 18.3 Å². The normalized spacial score (nSPS) is 12.1. The van der Waals surface area contributed by atoms with Crippen molar-refractivity contribution in [3.05, 3.63) is 95.6 Å². The Labute approximate surface area is 205 Å². The number of hydrogen-bond acceptors (Lipinski definition) is 3. The Bertz CT molecular complexity index is 1530. The molecule has 0 unspecified atom stereocenters. The molecule has 34 heavy (non-hydrogen) atoms. The van der Waals surface area contributed by atoms with Crippen LogP contribution in [0.2, 0.25) is 0 Å². The van der Waals surface area contributed by atoms with Gasteiger partial charge in [-0.3, -0.25) is 0 Å². The quantitative estimate of drug-likeness (QED) is 0.248. The van der Waals surface area contributed by atoms with Gasteiger partial charge in [0.1, 0.15) is 0 Å². The Balaban J connectivity index is 0.000000182. The molecule has 2 aliphatic rings. The minimum atomic E-state index is 0.939. The predicted molar refractivity (Wildman–Crippen MR) is 135 cm³/mol. The molecule has 0 saturated heterocycles. The van der Waals surface area contributed by atoms with Crippen LogP contribution in [0, 0.1) is 0 Å². The summed E-state index contributed by atoms with van der Waals surface area (Å²) in [6.07, 6.45) is 8.09. The van der Waals surface area contributed by atoms with E-state index in [2.05, 4.69) is 54.2 Å². The molecule has 4 aromatic heterocycles. The van der Waals surface area contributed by atoms with Crippen molar-refractivity contribution >= 4 is 61.8 Å². The summed E-state index contributed by atoms with van der Waals surface area (Å²) in [5.41, 5.74) is 10.1. The predicted octanol–water partition coefficient (Wildman–Crippen LogP) is 5.39. The second-order valence-corrected chi connectivity index (χ2v) is 9.51. The van der Waals surface area contributed by atoms with E-state index in [0.29, 0.717) is 0 Å². The van der Waals surface area contributed by atoms with E-state index in [0.717, 1.165) is 78.6 Å². The van der Waals surface area contributed by atoms with Crippen molar-refractivity contribution in [2.24, 2.45) is 0 Å². The average molecular weight is 493 g/mol. The third kappa shape index (κ3) is 4.52. The molecule has 2 aliphatic heterocycles. The summed E-state index contributed by atoms with van der Waals surface area (Å²) in [5.74, 6) is 0. The van der Waals surface area contributed by atoms with E-state index in [9.17, 15) is 0 Å². The number of aromatic nitrogens is 6. The third-order valence-corrected chi connectivity index (χ3v) is 6.18. The van der Waals surface area contributed by atoms with Gasteiger partial charge in [0, 0.05) is 22.1 Å². The van der Waals surface area contributed by atoms with Crippen LogP contribution in [0.3, 0.4) is 0 Å². The zero-order chi connectivity index (χ0) is 22.9. The number of benzene rings is 1. The number of nitrogens with zero attached hydrogens (tertiary/aromatic N) is 3. The van der Waals surface area contributed by atoms with E-state index >= 15 is 0 Å². The SMILES string of the molecule is C1=Cc2cc3ccc(cc4nc(cc5ccc(cc1n2)[nH]5)C=C4)[nH]3.[Zn][c]1nc2ccccc2[nH]1. The number of nitrogens with one attached hydrogen (secondary N) is 3. The molecular weight excluding hydrogens is 474 g/mol. The van der Waals surface area contributed by atoms with Crippen molar-refractivity contribution in [2.75, 3.05) is 0 Å². The van der Waals surface area contributed by atoms with Gasteiger partial charge < -0.3 is 9.97 Å². The van der Waals surface area contributed by atoms with Crippen molar-refractivity contribution in [3.63, 3.8) is 0 Å². The Kier molecular flexibility index (Phi) is 5.24. The molecule has 8 bridgehead atoms. The van der Waals surface area contributed by atoms with E-state index in [1.165, 1.54) is 0 Å². The zero-order valence-corrected chi connectivity index (χ0v) is 21.3. The Morgan fingerprint density at radius 1 is 0.500 bits per heavy atom. The maximum absolute atomic E-state index is 4.63. The molecule has 0 fully saturated rings. The number of aromatic amines is 3. The summed E-state index contributed by atoms with van der Waals surface area (Å²) in [5, 5.41) is 0. The van der Waals surface area contributed by atoms with Gasteiger partial charge in [-0.05, 0) is 72.8 Å². The van der Waals surface area contributed by atoms with Crippen molar-refractivity contribution in [2.45, 2.75) is 0 Å². The molecule has 159 valence electrons. The number of H-pyrrole nitrogens is 3. The van der Waals surface area contributed by atoms with Gasteiger partial charge in [-0.1, -0.05) is 0 Å². The molecule has 1 aromatic carbocycles. The van der Waals surface area contributed by atoms with Gasteiger partial charge in [-0.25, -0.2) is 9.97 Å². The van der Waals surface area contributed by atoms with Crippen molar-refractivity contribution < 1.29 is 18.3 Å². The molecule has 5 aromatic rings. The number of imidazole rings is 1. The van der Waals surface area contributed by atoms with Gasteiger partial charge in [-0.15, -0.1) is 0 Å². The summed E-state index contributed by atoms with van der Waals surface area (Å²) in [4.78, 5) is 23.5. The number of para-hydroxylation sites is 2. The summed E-state index contributed by atoms with van der Waals surface area (Å²) in [6.45, 7) is 0. The molecule has 7 heteroatoms. The second-order valence-electron chi connectivity index (χ2n) is 8.11. The van der Waals surface area contributed by atoms with Crippen LogP contribution >= 0.6 is 0 Å². The molecule has 3 N–H and O–H groups in total. The summed E-state index contributed by atoms with van der Waals surface area (Å²) in [7, 11) is 0. The summed E-state index contributed by atoms with van der Waals surface area (Å²) < 4.78 is 1.10. The van der Waals surface area contributed by atoms with Gasteiger partial charge in [0.2, 0.25) is 0 Å². The molecule has 0 atom stereocenters. The first-order valence-corrected chi connectivity index (χ1v) is 12.5. The Hall–Kier alpha value is -4.09. The molecule has 0 radical (unpaired) electrons. The summed E-state index contributed by atoms with van der Waals surface area (Å²) in [6, 6.07) is 24.4. The molecule has 7 rings (SSSR count). The van der Waals surface area contributed by atoms with Crippen LogP contribution in [-0.4, -0.2) is 29.9 Å². The van der Waals surface area contributed by atoms with E-state index in [4.69, 9.17) is 0 Å². The van der Waals surface area contributed by atoms with Crippen molar-refractivity contribution in [1.29, 1.82) is 0 Å². The fraction of sp³-hybridized carbons (Fsp3) is 0. The first kappa shape index (κ1) is 20.5. The van der Waals surface area contributed by atoms with Crippen LogP contribution in [0.4, 0.5) is 0 Å². The molecular formula is C27H19N6Zn. The number of fused-ring (bicyclic) bond motifs is 9. The standard InChI is InChI=1S/C20H14N4.C7H5N2.Zn/c1-2-14-10-16-5-6-18(23-16)12-20-8-7-19(24-20)11-17-4-3-15(22-17)9-13(1)21-14;1-2-4-7-6(3-1)8-5-9-7;/h1-12,21,24H;1-4H,(H,8,9);. The second kappa shape index (κ2) is 8.69. The topological polar surface area (TPSA) is 86.0 Å². The summed E-state index contributed by atoms with van der Waals surface area (Å²) >= 11 is 1.09. The molecule has 0 spiro atoms. The third-order valence-electron chi connectivity index (χ3n) is 5.48. The Morgan fingerprint density at radius 3 is 1.38 bits per heavy atom. The van der Waals surface area contributed by atoms with Crippen molar-refractivity contribution in [1.82, 2.24) is 29.9 Å². The molecule has 6 nitrogen and oxygen atoms in total. The average Bonchev–Trinajstić information content (AvgIpc) is 3.63. The fourth-order valence-corrected chi connectivity index (χ4v) is 4.71. The van der Waals surface area contributed by atoms with Crippen LogP contribution < -0.4 is 4.42 Å². The zero-order valence-electron chi connectivity index (χ0n) is 18.3. The van der Waals surface area contributed by atoms with Gasteiger partial charge in [0.15, 0.2) is 0 Å².